The summed E-state index contributed by atoms with van der Waals surface area (Å²) in [5, 5.41) is 2.39. The van der Waals surface area contributed by atoms with Crippen LogP contribution < -0.4 is 5.32 Å². The van der Waals surface area contributed by atoms with Crippen molar-refractivity contribution in [2.24, 2.45) is 0 Å². The molecule has 0 amide bonds. The van der Waals surface area contributed by atoms with Gasteiger partial charge in [0.25, 0.3) is 0 Å². The van der Waals surface area contributed by atoms with E-state index in [2.05, 4.69) is 5.32 Å². The average molecular weight is 272 g/mol. The van der Waals surface area contributed by atoms with Gasteiger partial charge in [-0.15, -0.1) is 0 Å². The molecule has 0 aliphatic carbocycles. The second-order valence-corrected chi connectivity index (χ2v) is 3.96. The smallest absolute Gasteiger partial charge is 0.303 e. The van der Waals surface area contributed by atoms with Crippen molar-refractivity contribution < 1.29 is 13.2 Å². The molecule has 0 heterocycles. The van der Waals surface area contributed by atoms with Crippen LogP contribution in [-0.4, -0.2) is 12.7 Å². The predicted molar refractivity (Wildman–Crippen MR) is 58.9 cm³/mol. The molecule has 1 rings (SSSR count). The van der Waals surface area contributed by atoms with E-state index >= 15 is 0 Å². The Labute approximate surface area is 102 Å². The quantitative estimate of drug-likeness (QED) is 0.869. The SMILES string of the molecule is CCNC(c1cccc(Cl)c1Cl)C(F)(F)F. The van der Waals surface area contributed by atoms with Gasteiger partial charge >= 0.3 is 6.18 Å². The van der Waals surface area contributed by atoms with Crippen LogP contribution in [0.4, 0.5) is 13.2 Å². The zero-order valence-corrected chi connectivity index (χ0v) is 9.92. The molecule has 1 aromatic rings. The molecule has 1 N–H and O–H groups in total. The molecule has 1 aromatic carbocycles. The van der Waals surface area contributed by atoms with Crippen LogP contribution in [0.3, 0.4) is 0 Å². The Morgan fingerprint density at radius 3 is 2.44 bits per heavy atom. The van der Waals surface area contributed by atoms with Crippen LogP contribution in [0.2, 0.25) is 10.0 Å². The number of benzene rings is 1. The number of hydrogen-bond donors (Lipinski definition) is 1. The number of halogens is 5. The number of rotatable bonds is 3. The summed E-state index contributed by atoms with van der Waals surface area (Å²) < 4.78 is 38.2. The van der Waals surface area contributed by atoms with E-state index < -0.39 is 12.2 Å². The van der Waals surface area contributed by atoms with Crippen molar-refractivity contribution in [3.63, 3.8) is 0 Å². The molecule has 0 fully saturated rings. The highest BCUT2D eigenvalue weighted by Crippen LogP contribution is 2.38. The van der Waals surface area contributed by atoms with E-state index in [0.717, 1.165) is 0 Å². The largest absolute Gasteiger partial charge is 0.407 e. The lowest BCUT2D eigenvalue weighted by atomic mass is 10.1. The van der Waals surface area contributed by atoms with Gasteiger partial charge < -0.3 is 5.32 Å². The van der Waals surface area contributed by atoms with E-state index in [0.29, 0.717) is 0 Å². The van der Waals surface area contributed by atoms with Crippen molar-refractivity contribution in [1.82, 2.24) is 5.32 Å². The fraction of sp³-hybridized carbons (Fsp3) is 0.400. The summed E-state index contributed by atoms with van der Waals surface area (Å²) >= 11 is 11.4. The van der Waals surface area contributed by atoms with Crippen molar-refractivity contribution >= 4 is 23.2 Å². The molecule has 0 aliphatic heterocycles. The molecular formula is C10H10Cl2F3N. The van der Waals surface area contributed by atoms with Crippen LogP contribution in [0.1, 0.15) is 18.5 Å². The number of nitrogens with one attached hydrogen (secondary N) is 1. The minimum Gasteiger partial charge on any atom is -0.303 e. The van der Waals surface area contributed by atoms with Crippen LogP contribution >= 0.6 is 23.2 Å². The summed E-state index contributed by atoms with van der Waals surface area (Å²) in [4.78, 5) is 0. The van der Waals surface area contributed by atoms with Gasteiger partial charge in [-0.2, -0.15) is 13.2 Å². The van der Waals surface area contributed by atoms with Crippen molar-refractivity contribution in [2.75, 3.05) is 6.54 Å². The van der Waals surface area contributed by atoms with Gasteiger partial charge in [-0.3, -0.25) is 0 Å². The monoisotopic (exact) mass is 271 g/mol. The normalized spacial score (nSPS) is 13.9. The van der Waals surface area contributed by atoms with E-state index in [4.69, 9.17) is 23.2 Å². The highest BCUT2D eigenvalue weighted by atomic mass is 35.5. The highest BCUT2D eigenvalue weighted by molar-refractivity contribution is 6.42. The van der Waals surface area contributed by atoms with Crippen molar-refractivity contribution in [3.8, 4) is 0 Å². The summed E-state index contributed by atoms with van der Waals surface area (Å²) in [6.07, 6.45) is -4.40. The molecule has 0 aliphatic rings. The Morgan fingerprint density at radius 1 is 1.31 bits per heavy atom. The van der Waals surface area contributed by atoms with Crippen LogP contribution in [0.25, 0.3) is 0 Å². The maximum atomic E-state index is 12.7. The topological polar surface area (TPSA) is 12.0 Å². The summed E-state index contributed by atoms with van der Waals surface area (Å²) in [7, 11) is 0. The second kappa shape index (κ2) is 5.25. The van der Waals surface area contributed by atoms with Crippen molar-refractivity contribution in [1.29, 1.82) is 0 Å². The zero-order chi connectivity index (χ0) is 12.3. The molecule has 0 aromatic heterocycles. The third-order valence-corrected chi connectivity index (χ3v) is 2.86. The van der Waals surface area contributed by atoms with Gasteiger partial charge in [0.15, 0.2) is 0 Å². The van der Waals surface area contributed by atoms with E-state index in [1.807, 2.05) is 0 Å². The first-order chi connectivity index (χ1) is 7.38. The van der Waals surface area contributed by atoms with E-state index in [1.54, 1.807) is 6.92 Å². The van der Waals surface area contributed by atoms with Crippen LogP contribution in [0.5, 0.6) is 0 Å². The fourth-order valence-electron chi connectivity index (χ4n) is 1.35. The molecule has 1 nitrogen and oxygen atoms in total. The molecular weight excluding hydrogens is 262 g/mol. The van der Waals surface area contributed by atoms with Crippen molar-refractivity contribution in [3.05, 3.63) is 33.8 Å². The first kappa shape index (κ1) is 13.6. The Bertz CT molecular complexity index is 366. The minimum absolute atomic E-state index is 0.0523. The Kier molecular flexibility index (Phi) is 4.47. The average Bonchev–Trinajstić information content (AvgIpc) is 2.18. The number of hydrogen-bond acceptors (Lipinski definition) is 1. The summed E-state index contributed by atoms with van der Waals surface area (Å²) in [6.45, 7) is 1.78. The Morgan fingerprint density at radius 2 is 1.94 bits per heavy atom. The molecule has 0 saturated heterocycles. The molecule has 1 atom stereocenters. The van der Waals surface area contributed by atoms with Crippen LogP contribution in [0.15, 0.2) is 18.2 Å². The predicted octanol–water partition coefficient (Wildman–Crippen LogP) is 4.21. The number of alkyl halides is 3. The van der Waals surface area contributed by atoms with E-state index in [1.165, 1.54) is 18.2 Å². The van der Waals surface area contributed by atoms with Gasteiger partial charge in [0, 0.05) is 0 Å². The molecule has 1 unspecified atom stereocenters. The Balaban J connectivity index is 3.16. The van der Waals surface area contributed by atoms with Gasteiger partial charge in [-0.05, 0) is 18.2 Å². The molecule has 0 spiro atoms. The zero-order valence-electron chi connectivity index (χ0n) is 8.41. The Hall–Kier alpha value is -0.450. The van der Waals surface area contributed by atoms with E-state index in [9.17, 15) is 13.2 Å². The maximum Gasteiger partial charge on any atom is 0.407 e. The van der Waals surface area contributed by atoms with Gasteiger partial charge in [0.2, 0.25) is 0 Å². The highest BCUT2D eigenvalue weighted by Gasteiger charge is 2.41. The molecule has 0 saturated carbocycles. The lowest BCUT2D eigenvalue weighted by Crippen LogP contribution is -2.34. The molecule has 0 bridgehead atoms. The third-order valence-electron chi connectivity index (χ3n) is 2.03. The standard InChI is InChI=1S/C10H10Cl2F3N/c1-2-16-9(10(13,14)15)6-4-3-5-7(11)8(6)12/h3-5,9,16H,2H2,1H3. The summed E-state index contributed by atoms with van der Waals surface area (Å²) in [5.74, 6) is 0. The van der Waals surface area contributed by atoms with Gasteiger partial charge in [-0.25, -0.2) is 0 Å². The van der Waals surface area contributed by atoms with Crippen LogP contribution in [-0.2, 0) is 0 Å². The molecule has 16 heavy (non-hydrogen) atoms. The lowest BCUT2D eigenvalue weighted by Gasteiger charge is -2.22. The summed E-state index contributed by atoms with van der Waals surface area (Å²) in [5.41, 5.74) is -0.0523. The first-order valence-corrected chi connectivity index (χ1v) is 5.37. The van der Waals surface area contributed by atoms with Gasteiger partial charge in [0.1, 0.15) is 6.04 Å². The minimum atomic E-state index is -4.40. The van der Waals surface area contributed by atoms with E-state index in [-0.39, 0.29) is 22.2 Å². The third kappa shape index (κ3) is 3.03. The van der Waals surface area contributed by atoms with Crippen LogP contribution in [0, 0.1) is 0 Å². The maximum absolute atomic E-state index is 12.7. The van der Waals surface area contributed by atoms with Gasteiger partial charge in [0.05, 0.1) is 10.0 Å². The first-order valence-electron chi connectivity index (χ1n) is 4.62. The molecule has 6 heteroatoms. The van der Waals surface area contributed by atoms with Crippen molar-refractivity contribution in [2.45, 2.75) is 19.1 Å². The second-order valence-electron chi connectivity index (χ2n) is 3.18. The lowest BCUT2D eigenvalue weighted by molar-refractivity contribution is -0.157. The van der Waals surface area contributed by atoms with Gasteiger partial charge in [-0.1, -0.05) is 42.3 Å². The molecule has 0 radical (unpaired) electrons. The fourth-order valence-corrected chi connectivity index (χ4v) is 1.77. The summed E-state index contributed by atoms with van der Waals surface area (Å²) in [6, 6.07) is 2.42. The molecule has 90 valence electrons.